The second-order valence-electron chi connectivity index (χ2n) is 9.92. The van der Waals surface area contributed by atoms with Gasteiger partial charge in [0.15, 0.2) is 0 Å². The number of esters is 1. The van der Waals surface area contributed by atoms with E-state index in [1.54, 1.807) is 0 Å². The Morgan fingerprint density at radius 1 is 0.848 bits per heavy atom. The second kappa shape index (κ2) is 19.8. The van der Waals surface area contributed by atoms with Gasteiger partial charge in [0.25, 0.3) is 7.82 Å². The summed E-state index contributed by atoms with van der Waals surface area (Å²) in [5.41, 5.74) is 0. The first-order valence-electron chi connectivity index (χ1n) is 12.8. The average molecular weight is 496 g/mol. The largest absolute Gasteiger partial charge is 0.756 e. The van der Waals surface area contributed by atoms with Gasteiger partial charge in [0.1, 0.15) is 25.9 Å². The molecule has 2 atom stereocenters. The van der Waals surface area contributed by atoms with E-state index in [-0.39, 0.29) is 19.2 Å². The van der Waals surface area contributed by atoms with Crippen molar-refractivity contribution < 1.29 is 37.6 Å². The predicted octanol–water partition coefficient (Wildman–Crippen LogP) is 4.58. The summed E-state index contributed by atoms with van der Waals surface area (Å²) in [5, 5.41) is 9.78. The molecule has 9 heteroatoms. The van der Waals surface area contributed by atoms with Crippen LogP contribution >= 0.6 is 7.82 Å². The van der Waals surface area contributed by atoms with E-state index in [9.17, 15) is 19.4 Å². The molecular weight excluding hydrogens is 445 g/mol. The van der Waals surface area contributed by atoms with Crippen molar-refractivity contribution in [1.29, 1.82) is 0 Å². The third-order valence-corrected chi connectivity index (χ3v) is 6.32. The van der Waals surface area contributed by atoms with Crippen molar-refractivity contribution in [2.45, 2.75) is 103 Å². The standard InChI is InChI=1S/C24H50NO7P/c1-5-6-7-8-9-10-11-12-13-14-15-16-17-18-24(27)30-21-23(26)22-32-33(28,29)31-20-19-25(2,3)4/h23,26H,5-22H2,1-4H3/t23-/m0/s1. The van der Waals surface area contributed by atoms with E-state index in [0.29, 0.717) is 17.4 Å². The van der Waals surface area contributed by atoms with Crippen LogP contribution in [0.5, 0.6) is 0 Å². The van der Waals surface area contributed by atoms with Crippen LogP contribution in [0.2, 0.25) is 0 Å². The van der Waals surface area contributed by atoms with Crippen LogP contribution < -0.4 is 4.89 Å². The second-order valence-corrected chi connectivity index (χ2v) is 11.3. The maximum atomic E-state index is 11.8. The molecule has 1 N–H and O–H groups in total. The van der Waals surface area contributed by atoms with Gasteiger partial charge in [-0.15, -0.1) is 0 Å². The first-order chi connectivity index (χ1) is 15.6. The summed E-state index contributed by atoms with van der Waals surface area (Å²) in [6.07, 6.45) is 15.2. The van der Waals surface area contributed by atoms with Crippen molar-refractivity contribution in [3.63, 3.8) is 0 Å². The number of ether oxygens (including phenoxy) is 1. The molecule has 0 saturated heterocycles. The van der Waals surface area contributed by atoms with Gasteiger partial charge in [-0.25, -0.2) is 0 Å². The van der Waals surface area contributed by atoms with E-state index in [1.165, 1.54) is 64.2 Å². The van der Waals surface area contributed by atoms with Gasteiger partial charge in [-0.05, 0) is 6.42 Å². The van der Waals surface area contributed by atoms with Crippen LogP contribution in [0.3, 0.4) is 0 Å². The van der Waals surface area contributed by atoms with Crippen molar-refractivity contribution in [2.75, 3.05) is 47.5 Å². The lowest BCUT2D eigenvalue weighted by Crippen LogP contribution is -2.37. The summed E-state index contributed by atoms with van der Waals surface area (Å²) in [6, 6.07) is 0. The molecule has 198 valence electrons. The maximum Gasteiger partial charge on any atom is 0.305 e. The zero-order chi connectivity index (χ0) is 25.0. The van der Waals surface area contributed by atoms with Crippen molar-refractivity contribution in [1.82, 2.24) is 0 Å². The topological polar surface area (TPSA) is 105 Å². The van der Waals surface area contributed by atoms with Gasteiger partial charge in [0.05, 0.1) is 27.7 Å². The van der Waals surface area contributed by atoms with Gasteiger partial charge in [-0.2, -0.15) is 0 Å². The monoisotopic (exact) mass is 495 g/mol. The Kier molecular flexibility index (Phi) is 19.5. The smallest absolute Gasteiger partial charge is 0.305 e. The molecule has 0 aromatic rings. The van der Waals surface area contributed by atoms with E-state index >= 15 is 0 Å². The minimum Gasteiger partial charge on any atom is -0.756 e. The molecule has 0 fully saturated rings. The van der Waals surface area contributed by atoms with Crippen LogP contribution in [-0.4, -0.2) is 69.2 Å². The van der Waals surface area contributed by atoms with Crippen molar-refractivity contribution in [3.05, 3.63) is 0 Å². The summed E-state index contributed by atoms with van der Waals surface area (Å²) < 4.78 is 26.6. The molecule has 0 rings (SSSR count). The highest BCUT2D eigenvalue weighted by atomic mass is 31.2. The summed E-state index contributed by atoms with van der Waals surface area (Å²) >= 11 is 0. The van der Waals surface area contributed by atoms with Crippen LogP contribution in [0.25, 0.3) is 0 Å². The van der Waals surface area contributed by atoms with Gasteiger partial charge in [0, 0.05) is 6.42 Å². The molecule has 8 nitrogen and oxygen atoms in total. The number of unbranched alkanes of at least 4 members (excludes halogenated alkanes) is 12. The van der Waals surface area contributed by atoms with Crippen LogP contribution in [0.4, 0.5) is 0 Å². The number of quaternary nitrogens is 1. The van der Waals surface area contributed by atoms with E-state index in [2.05, 4.69) is 11.4 Å². The quantitative estimate of drug-likeness (QED) is 0.0957. The van der Waals surface area contributed by atoms with Crippen LogP contribution in [-0.2, 0) is 23.1 Å². The van der Waals surface area contributed by atoms with Gasteiger partial charge < -0.3 is 28.3 Å². The molecule has 0 aliphatic heterocycles. The molecule has 0 amide bonds. The Morgan fingerprint density at radius 3 is 1.82 bits per heavy atom. The number of carbonyl (C=O) groups excluding carboxylic acids is 1. The lowest BCUT2D eigenvalue weighted by Gasteiger charge is -2.27. The molecule has 0 spiro atoms. The zero-order valence-corrected chi connectivity index (χ0v) is 22.5. The summed E-state index contributed by atoms with van der Waals surface area (Å²) in [7, 11) is 1.25. The molecule has 0 saturated carbocycles. The Labute approximate surface area is 202 Å². The fourth-order valence-electron chi connectivity index (χ4n) is 3.24. The minimum absolute atomic E-state index is 0.00547. The fraction of sp³-hybridized carbons (Fsp3) is 0.958. The van der Waals surface area contributed by atoms with E-state index in [4.69, 9.17) is 9.26 Å². The molecule has 0 heterocycles. The van der Waals surface area contributed by atoms with Crippen molar-refractivity contribution in [2.24, 2.45) is 0 Å². The summed E-state index contributed by atoms with van der Waals surface area (Å²) in [4.78, 5) is 23.4. The number of aliphatic hydroxyl groups excluding tert-OH is 1. The third-order valence-electron chi connectivity index (χ3n) is 5.36. The Bertz CT molecular complexity index is 525. The lowest BCUT2D eigenvalue weighted by atomic mass is 10.0. The van der Waals surface area contributed by atoms with Gasteiger partial charge >= 0.3 is 5.97 Å². The zero-order valence-electron chi connectivity index (χ0n) is 21.6. The highest BCUT2D eigenvalue weighted by Crippen LogP contribution is 2.38. The first-order valence-corrected chi connectivity index (χ1v) is 14.3. The number of hydrogen-bond donors (Lipinski definition) is 1. The number of hydrogen-bond acceptors (Lipinski definition) is 7. The van der Waals surface area contributed by atoms with Gasteiger partial charge in [0.2, 0.25) is 0 Å². The lowest BCUT2D eigenvalue weighted by molar-refractivity contribution is -0.870. The molecule has 1 unspecified atom stereocenters. The van der Waals surface area contributed by atoms with Crippen LogP contribution in [0.15, 0.2) is 0 Å². The number of carbonyl (C=O) groups is 1. The molecule has 0 aliphatic rings. The van der Waals surface area contributed by atoms with E-state index < -0.39 is 20.5 Å². The highest BCUT2D eigenvalue weighted by molar-refractivity contribution is 7.45. The Hall–Kier alpha value is -0.500. The minimum atomic E-state index is -4.48. The fourth-order valence-corrected chi connectivity index (χ4v) is 3.97. The molecule has 0 aromatic heterocycles. The van der Waals surface area contributed by atoms with Crippen molar-refractivity contribution in [3.8, 4) is 0 Å². The van der Waals surface area contributed by atoms with E-state index in [0.717, 1.165) is 19.3 Å². The number of rotatable bonds is 23. The normalized spacial score (nSPS) is 14.7. The number of likely N-dealkylation sites (N-methyl/N-ethyl adjacent to an activating group) is 1. The van der Waals surface area contributed by atoms with Crippen molar-refractivity contribution >= 4 is 13.8 Å². The number of phosphoric ester groups is 1. The summed E-state index contributed by atoms with van der Waals surface area (Å²) in [5.74, 6) is -0.387. The van der Waals surface area contributed by atoms with Gasteiger partial charge in [-0.3, -0.25) is 9.36 Å². The third kappa shape index (κ3) is 24.4. The highest BCUT2D eigenvalue weighted by Gasteiger charge is 2.16. The van der Waals surface area contributed by atoms with E-state index in [1.807, 2.05) is 21.1 Å². The average Bonchev–Trinajstić information content (AvgIpc) is 2.73. The van der Waals surface area contributed by atoms with Crippen LogP contribution in [0, 0.1) is 0 Å². The molecule has 0 aromatic carbocycles. The van der Waals surface area contributed by atoms with Crippen LogP contribution in [0.1, 0.15) is 96.8 Å². The first kappa shape index (κ1) is 32.5. The Balaban J connectivity index is 3.57. The predicted molar refractivity (Wildman–Crippen MR) is 130 cm³/mol. The molecule has 33 heavy (non-hydrogen) atoms. The molecule has 0 radical (unpaired) electrons. The number of nitrogens with zero attached hydrogens (tertiary/aromatic N) is 1. The number of aliphatic hydroxyl groups is 1. The SMILES string of the molecule is CCCCCCCCCCCCCCCC(=O)OC[C@H](O)COP(=O)([O-])OCC[N+](C)(C)C. The Morgan fingerprint density at radius 2 is 1.33 bits per heavy atom. The molecule has 0 bridgehead atoms. The molecule has 0 aliphatic carbocycles. The maximum absolute atomic E-state index is 11.8. The number of phosphoric acid groups is 1. The molecular formula is C24H50NO7P. The van der Waals surface area contributed by atoms with Gasteiger partial charge in [-0.1, -0.05) is 84.0 Å². The summed E-state index contributed by atoms with van der Waals surface area (Å²) in [6.45, 7) is 1.93.